The van der Waals surface area contributed by atoms with E-state index in [1.807, 2.05) is 4.83 Å². The van der Waals surface area contributed by atoms with E-state index < -0.39 is 21.9 Å². The monoisotopic (exact) mass is 314 g/mol. The van der Waals surface area contributed by atoms with Crippen LogP contribution in [-0.2, 0) is 19.6 Å². The van der Waals surface area contributed by atoms with Gasteiger partial charge in [-0.15, -0.1) is 4.83 Å². The Morgan fingerprint density at radius 1 is 1.19 bits per heavy atom. The summed E-state index contributed by atoms with van der Waals surface area (Å²) in [6, 6.07) is 5.21. The van der Waals surface area contributed by atoms with Crippen molar-refractivity contribution in [3.05, 3.63) is 29.8 Å². The van der Waals surface area contributed by atoms with Gasteiger partial charge in [-0.3, -0.25) is 10.2 Å². The van der Waals surface area contributed by atoms with Gasteiger partial charge in [0.2, 0.25) is 5.91 Å². The van der Waals surface area contributed by atoms with Gasteiger partial charge in [-0.1, -0.05) is 13.8 Å². The van der Waals surface area contributed by atoms with Crippen molar-refractivity contribution in [1.82, 2.24) is 10.3 Å². The van der Waals surface area contributed by atoms with Gasteiger partial charge >= 0.3 is 5.97 Å². The minimum absolute atomic E-state index is 0.0698. The highest BCUT2D eigenvalue weighted by atomic mass is 32.2. The zero-order valence-corrected chi connectivity index (χ0v) is 12.9. The van der Waals surface area contributed by atoms with E-state index in [-0.39, 0.29) is 23.0 Å². The van der Waals surface area contributed by atoms with Crippen LogP contribution in [0, 0.1) is 5.92 Å². The molecule has 8 heteroatoms. The van der Waals surface area contributed by atoms with Gasteiger partial charge in [-0.2, -0.15) is 0 Å². The molecule has 7 nitrogen and oxygen atoms in total. The van der Waals surface area contributed by atoms with Crippen LogP contribution in [0.3, 0.4) is 0 Å². The van der Waals surface area contributed by atoms with E-state index in [1.54, 1.807) is 20.8 Å². The highest BCUT2D eigenvalue weighted by Gasteiger charge is 2.17. The molecule has 0 aromatic heterocycles. The van der Waals surface area contributed by atoms with Crippen molar-refractivity contribution in [2.45, 2.75) is 25.7 Å². The standard InChI is InChI=1S/C13H18N2O5S/c1-4-20-13(17)10-5-7-11(8-6-10)21(18,19)15-14-12(16)9(2)3/h5-9,15H,4H2,1-3H3,(H,14,16). The molecule has 0 unspecified atom stereocenters. The summed E-state index contributed by atoms with van der Waals surface area (Å²) in [5, 5.41) is 0. The Kier molecular flexibility index (Phi) is 5.86. The van der Waals surface area contributed by atoms with Crippen molar-refractivity contribution in [3.63, 3.8) is 0 Å². The number of benzene rings is 1. The van der Waals surface area contributed by atoms with Crippen molar-refractivity contribution in [2.24, 2.45) is 5.92 Å². The Hall–Kier alpha value is -1.93. The minimum atomic E-state index is -3.88. The fourth-order valence-corrected chi connectivity index (χ4v) is 2.15. The van der Waals surface area contributed by atoms with Crippen molar-refractivity contribution in [2.75, 3.05) is 6.61 Å². The van der Waals surface area contributed by atoms with E-state index in [9.17, 15) is 18.0 Å². The second-order valence-electron chi connectivity index (χ2n) is 4.49. The quantitative estimate of drug-likeness (QED) is 0.598. The van der Waals surface area contributed by atoms with Gasteiger partial charge in [0.1, 0.15) is 0 Å². The lowest BCUT2D eigenvalue weighted by Crippen LogP contribution is -2.43. The number of carbonyl (C=O) groups is 2. The number of amides is 1. The molecule has 0 aliphatic heterocycles. The summed E-state index contributed by atoms with van der Waals surface area (Å²) in [5.74, 6) is -1.32. The van der Waals surface area contributed by atoms with Gasteiger partial charge in [0.15, 0.2) is 0 Å². The third kappa shape index (κ3) is 4.83. The average Bonchev–Trinajstić information content (AvgIpc) is 2.45. The molecule has 1 aromatic rings. The fraction of sp³-hybridized carbons (Fsp3) is 0.385. The molecule has 1 rings (SSSR count). The van der Waals surface area contributed by atoms with Gasteiger partial charge in [-0.25, -0.2) is 13.2 Å². The van der Waals surface area contributed by atoms with Crippen LogP contribution in [0.1, 0.15) is 31.1 Å². The number of hydrogen-bond donors (Lipinski definition) is 2. The van der Waals surface area contributed by atoms with Crippen molar-refractivity contribution >= 4 is 21.9 Å². The molecule has 0 spiro atoms. The molecule has 0 saturated carbocycles. The Morgan fingerprint density at radius 2 is 1.76 bits per heavy atom. The zero-order valence-electron chi connectivity index (χ0n) is 12.0. The lowest BCUT2D eigenvalue weighted by atomic mass is 10.2. The summed E-state index contributed by atoms with van der Waals surface area (Å²) in [5.41, 5.74) is 2.36. The van der Waals surface area contributed by atoms with Gasteiger partial charge < -0.3 is 4.74 Å². The number of sulfonamides is 1. The first-order valence-corrected chi connectivity index (χ1v) is 7.85. The van der Waals surface area contributed by atoms with Crippen LogP contribution in [0.5, 0.6) is 0 Å². The second kappa shape index (κ2) is 7.19. The topological polar surface area (TPSA) is 102 Å². The molecule has 0 radical (unpaired) electrons. The number of carbonyl (C=O) groups excluding carboxylic acids is 2. The van der Waals surface area contributed by atoms with Gasteiger partial charge in [0.05, 0.1) is 17.1 Å². The summed E-state index contributed by atoms with van der Waals surface area (Å²) >= 11 is 0. The fourth-order valence-electron chi connectivity index (χ4n) is 1.31. The molecule has 2 N–H and O–H groups in total. The van der Waals surface area contributed by atoms with Crippen LogP contribution in [-0.4, -0.2) is 26.9 Å². The lowest BCUT2D eigenvalue weighted by molar-refractivity contribution is -0.124. The molecule has 0 atom stereocenters. The summed E-state index contributed by atoms with van der Waals surface area (Å²) in [6.07, 6.45) is 0. The van der Waals surface area contributed by atoms with Crippen LogP contribution in [0.2, 0.25) is 0 Å². The van der Waals surface area contributed by atoms with Crippen LogP contribution < -0.4 is 10.3 Å². The van der Waals surface area contributed by atoms with E-state index in [0.29, 0.717) is 0 Å². The van der Waals surface area contributed by atoms with Gasteiger partial charge in [0.25, 0.3) is 10.0 Å². The first kappa shape index (κ1) is 17.1. The molecule has 0 aliphatic rings. The predicted octanol–water partition coefficient (Wildman–Crippen LogP) is 0.829. The van der Waals surface area contributed by atoms with E-state index in [1.165, 1.54) is 24.3 Å². The number of nitrogens with one attached hydrogen (secondary N) is 2. The molecular weight excluding hydrogens is 296 g/mol. The van der Waals surface area contributed by atoms with Gasteiger partial charge in [0, 0.05) is 5.92 Å². The van der Waals surface area contributed by atoms with Crippen LogP contribution in [0.15, 0.2) is 29.2 Å². The first-order chi connectivity index (χ1) is 9.77. The third-order valence-corrected chi connectivity index (χ3v) is 3.77. The Bertz CT molecular complexity index is 608. The summed E-state index contributed by atoms with van der Waals surface area (Å²) < 4.78 is 28.6. The SMILES string of the molecule is CCOC(=O)c1ccc(S(=O)(=O)NNC(=O)C(C)C)cc1. The van der Waals surface area contributed by atoms with Crippen molar-refractivity contribution in [3.8, 4) is 0 Å². The normalized spacial score (nSPS) is 11.2. The molecule has 0 saturated heterocycles. The maximum absolute atomic E-state index is 11.9. The molecule has 1 amide bonds. The van der Waals surface area contributed by atoms with E-state index in [4.69, 9.17) is 4.74 Å². The van der Waals surface area contributed by atoms with Crippen molar-refractivity contribution < 1.29 is 22.7 Å². The maximum Gasteiger partial charge on any atom is 0.338 e. The average molecular weight is 314 g/mol. The summed E-state index contributed by atoms with van der Waals surface area (Å²) in [6.45, 7) is 5.19. The Morgan fingerprint density at radius 3 is 2.24 bits per heavy atom. The number of rotatable bonds is 6. The molecule has 0 bridgehead atoms. The number of ether oxygens (including phenoxy) is 1. The molecule has 116 valence electrons. The Labute approximate surface area is 123 Å². The Balaban J connectivity index is 2.80. The van der Waals surface area contributed by atoms with Gasteiger partial charge in [-0.05, 0) is 31.2 Å². The largest absolute Gasteiger partial charge is 0.462 e. The number of esters is 1. The highest BCUT2D eigenvalue weighted by molar-refractivity contribution is 7.89. The van der Waals surface area contributed by atoms with E-state index >= 15 is 0 Å². The maximum atomic E-state index is 11.9. The molecule has 0 fully saturated rings. The van der Waals surface area contributed by atoms with Crippen molar-refractivity contribution in [1.29, 1.82) is 0 Å². The van der Waals surface area contributed by atoms with Crippen LogP contribution in [0.4, 0.5) is 0 Å². The lowest BCUT2D eigenvalue weighted by Gasteiger charge is -2.10. The molecule has 1 aromatic carbocycles. The smallest absolute Gasteiger partial charge is 0.338 e. The molecule has 21 heavy (non-hydrogen) atoms. The van der Waals surface area contributed by atoms with Crippen LogP contribution in [0.25, 0.3) is 0 Å². The summed E-state index contributed by atoms with van der Waals surface area (Å²) in [7, 11) is -3.88. The summed E-state index contributed by atoms with van der Waals surface area (Å²) in [4.78, 5) is 24.7. The number of hydrogen-bond acceptors (Lipinski definition) is 5. The first-order valence-electron chi connectivity index (χ1n) is 6.36. The van der Waals surface area contributed by atoms with E-state index in [0.717, 1.165) is 0 Å². The highest BCUT2D eigenvalue weighted by Crippen LogP contribution is 2.11. The zero-order chi connectivity index (χ0) is 16.0. The van der Waals surface area contributed by atoms with Crippen LogP contribution >= 0.6 is 0 Å². The third-order valence-electron chi connectivity index (χ3n) is 2.51. The molecule has 0 aliphatic carbocycles. The number of hydrazine groups is 1. The predicted molar refractivity (Wildman–Crippen MR) is 75.7 cm³/mol. The molecule has 0 heterocycles. The van der Waals surface area contributed by atoms with E-state index in [2.05, 4.69) is 5.43 Å². The second-order valence-corrected chi connectivity index (χ2v) is 6.18. The minimum Gasteiger partial charge on any atom is -0.462 e. The molecular formula is C13H18N2O5S.